The predicted molar refractivity (Wildman–Crippen MR) is 27.7 cm³/mol. The van der Waals surface area contributed by atoms with Gasteiger partial charge in [-0.25, -0.2) is 0 Å². The van der Waals surface area contributed by atoms with E-state index in [1.807, 2.05) is 0 Å². The van der Waals surface area contributed by atoms with Crippen molar-refractivity contribution in [1.29, 1.82) is 0 Å². The van der Waals surface area contributed by atoms with Gasteiger partial charge in [0.1, 0.15) is 0 Å². The predicted octanol–water partition coefficient (Wildman–Crippen LogP) is -1.41. The summed E-state index contributed by atoms with van der Waals surface area (Å²) in [6.45, 7) is 0. The number of rotatable bonds is 0. The van der Waals surface area contributed by atoms with Crippen LogP contribution in [0.4, 0.5) is 0 Å². The van der Waals surface area contributed by atoms with Crippen molar-refractivity contribution in [1.82, 2.24) is 6.15 Å². The molecule has 0 saturated carbocycles. The Labute approximate surface area is 81.7 Å². The Morgan fingerprint density at radius 1 is 1.14 bits per heavy atom. The Hall–Kier alpha value is 1.40. The van der Waals surface area contributed by atoms with Gasteiger partial charge in [-0.3, -0.25) is 9.11 Å². The fourth-order valence-corrected chi connectivity index (χ4v) is 0. The fraction of sp³-hybridized carbons (Fsp3) is 0. The molecular weight excluding hydrogens is 247 g/mol. The summed E-state index contributed by atoms with van der Waals surface area (Å²) < 4.78 is 31.6. The second kappa shape index (κ2) is 5.54. The number of hydrogen-bond acceptors (Lipinski definition) is 3. The molecule has 7 heteroatoms. The van der Waals surface area contributed by atoms with E-state index in [-0.39, 0.29) is 55.0 Å². The minimum absolute atomic E-state index is 0. The molecule has 0 bridgehead atoms. The van der Waals surface area contributed by atoms with E-state index < -0.39 is 10.4 Å². The summed E-state index contributed by atoms with van der Waals surface area (Å²) in [5.74, 6) is 0. The van der Waals surface area contributed by atoms with Gasteiger partial charge in [0.05, 0.1) is 0 Å². The van der Waals surface area contributed by atoms with Crippen LogP contribution in [0.5, 0.6) is 0 Å². The van der Waals surface area contributed by atoms with Crippen LogP contribution < -0.4 is 6.15 Å². The molecule has 0 amide bonds. The van der Waals surface area contributed by atoms with E-state index in [2.05, 4.69) is 0 Å². The Balaban J connectivity index is -0.0000000800. The van der Waals surface area contributed by atoms with E-state index >= 15 is 0 Å². The van der Waals surface area contributed by atoms with Crippen molar-refractivity contribution in [2.45, 2.75) is 0 Å². The molecule has 0 radical (unpaired) electrons. The second-order valence-electron chi connectivity index (χ2n) is 0.448. The molecule has 0 aromatic rings. The van der Waals surface area contributed by atoms with Crippen LogP contribution >= 0.6 is 0 Å². The zero-order valence-corrected chi connectivity index (χ0v) is 3.64. The molecule has 0 unspecified atom stereocenters. The molecule has 7 heavy (non-hydrogen) atoms. The molecule has 0 aliphatic rings. The van der Waals surface area contributed by atoms with E-state index in [1.54, 1.807) is 0 Å². The van der Waals surface area contributed by atoms with E-state index in [0.717, 1.165) is 0 Å². The Morgan fingerprint density at radius 2 is 1.14 bits per heavy atom. The first kappa shape index (κ1) is 15.8. The topological polar surface area (TPSA) is 110 Å². The van der Waals surface area contributed by atoms with Crippen molar-refractivity contribution < 1.29 is 17.5 Å². The molecule has 44 valence electrons. The van der Waals surface area contributed by atoms with Crippen molar-refractivity contribution in [3.63, 3.8) is 0 Å². The fourth-order valence-electron chi connectivity index (χ4n) is 0. The Morgan fingerprint density at radius 3 is 1.14 bits per heavy atom. The average molecular weight is 254 g/mol. The van der Waals surface area contributed by atoms with Crippen molar-refractivity contribution in [2.24, 2.45) is 0 Å². The van der Waals surface area contributed by atoms with Gasteiger partial charge in [0.25, 0.3) is 0 Å². The summed E-state index contributed by atoms with van der Waals surface area (Å²) in [5, 5.41) is 0. The summed E-state index contributed by atoms with van der Waals surface area (Å²) in [5.41, 5.74) is 0. The molecule has 5 N–H and O–H groups in total. The second-order valence-corrected chi connectivity index (χ2v) is 1.34. The van der Waals surface area contributed by atoms with Crippen molar-refractivity contribution in [2.75, 3.05) is 0 Å². The van der Waals surface area contributed by atoms with Gasteiger partial charge in [-0.15, -0.1) is 0 Å². The SMILES string of the molecule is N.O=S(=O)(O)O.[BaH2]. The molecule has 0 saturated heterocycles. The normalized spacial score (nSPS) is 8.29. The van der Waals surface area contributed by atoms with Crippen LogP contribution in [-0.2, 0) is 10.4 Å². The summed E-state index contributed by atoms with van der Waals surface area (Å²) in [6, 6.07) is 0. The van der Waals surface area contributed by atoms with E-state index in [1.165, 1.54) is 0 Å². The molecule has 0 heterocycles. The van der Waals surface area contributed by atoms with Crippen LogP contribution in [0.1, 0.15) is 0 Å². The summed E-state index contributed by atoms with van der Waals surface area (Å²) in [7, 11) is -4.67. The van der Waals surface area contributed by atoms with E-state index in [4.69, 9.17) is 17.5 Å². The van der Waals surface area contributed by atoms with Crippen molar-refractivity contribution >= 4 is 59.3 Å². The molecule has 0 fully saturated rings. The average Bonchev–Trinajstić information content (AvgIpc) is 0.722. The molecule has 0 aromatic carbocycles. The van der Waals surface area contributed by atoms with Gasteiger partial charge < -0.3 is 6.15 Å². The Bertz CT molecular complexity index is 94.9. The van der Waals surface area contributed by atoms with Crippen LogP contribution in [0.3, 0.4) is 0 Å². The van der Waals surface area contributed by atoms with Crippen LogP contribution in [0.15, 0.2) is 0 Å². The molecule has 0 spiro atoms. The minimum atomic E-state index is -4.67. The zero-order valence-electron chi connectivity index (χ0n) is 2.83. The molecule has 0 atom stereocenters. The van der Waals surface area contributed by atoms with Crippen LogP contribution in [0.25, 0.3) is 0 Å². The van der Waals surface area contributed by atoms with Gasteiger partial charge in [0.15, 0.2) is 0 Å². The van der Waals surface area contributed by atoms with E-state index in [9.17, 15) is 0 Å². The Kier molecular flexibility index (Phi) is 12.5. The van der Waals surface area contributed by atoms with Gasteiger partial charge in [-0.05, 0) is 0 Å². The summed E-state index contributed by atoms with van der Waals surface area (Å²) >= 11 is 0. The van der Waals surface area contributed by atoms with Crippen LogP contribution in [0, 0.1) is 0 Å². The maximum absolute atomic E-state index is 8.74. The van der Waals surface area contributed by atoms with Crippen LogP contribution in [-0.4, -0.2) is 66.4 Å². The van der Waals surface area contributed by atoms with Gasteiger partial charge in [-0.1, -0.05) is 0 Å². The van der Waals surface area contributed by atoms with Gasteiger partial charge in [-0.2, -0.15) is 8.42 Å². The van der Waals surface area contributed by atoms with Crippen molar-refractivity contribution in [3.05, 3.63) is 0 Å². The third-order valence-corrected chi connectivity index (χ3v) is 0. The third kappa shape index (κ3) is 110. The molecule has 0 rings (SSSR count). The molecule has 0 aliphatic heterocycles. The molecule has 5 nitrogen and oxygen atoms in total. The maximum atomic E-state index is 8.74. The van der Waals surface area contributed by atoms with Crippen LogP contribution in [0.2, 0.25) is 0 Å². The zero-order chi connectivity index (χ0) is 4.50. The first-order valence-electron chi connectivity index (χ1n) is 0.698. The van der Waals surface area contributed by atoms with Gasteiger partial charge in [0.2, 0.25) is 0 Å². The standard InChI is InChI=1S/Ba.H3N.H2O4S.2H/c;;1-5(2,3)4;;/h;1H3;(H2,1,2,3,4);;. The summed E-state index contributed by atoms with van der Waals surface area (Å²) in [6.07, 6.45) is 0. The third-order valence-electron chi connectivity index (χ3n) is 0. The van der Waals surface area contributed by atoms with E-state index in [0.29, 0.717) is 0 Å². The quantitative estimate of drug-likeness (QED) is 0.363. The monoisotopic (exact) mass is 255 g/mol. The first-order valence-corrected chi connectivity index (χ1v) is 2.10. The number of hydrogen-bond donors (Lipinski definition) is 3. The molecule has 0 aliphatic carbocycles. The van der Waals surface area contributed by atoms with Gasteiger partial charge in [0, 0.05) is 0 Å². The molecule has 0 aromatic heterocycles. The van der Waals surface area contributed by atoms with Gasteiger partial charge >= 0.3 is 59.3 Å². The first-order chi connectivity index (χ1) is 2.00. The summed E-state index contributed by atoms with van der Waals surface area (Å²) in [4.78, 5) is 0. The van der Waals surface area contributed by atoms with Crippen molar-refractivity contribution in [3.8, 4) is 0 Å². The molecular formula is H7BaNO4S.